The minimum absolute atomic E-state index is 0.484. The Morgan fingerprint density at radius 3 is 1.37 bits per heavy atom. The molecule has 5 rings (SSSR count). The van der Waals surface area contributed by atoms with Gasteiger partial charge in [0.2, 0.25) is 0 Å². The molecule has 0 atom stereocenters. The van der Waals surface area contributed by atoms with Crippen molar-refractivity contribution in [1.29, 1.82) is 0 Å². The molecule has 4 nitrogen and oxygen atoms in total. The lowest BCUT2D eigenvalue weighted by Gasteiger charge is -2.25. The number of nitrogens with zero attached hydrogens (tertiary/aromatic N) is 4. The number of amidine groups is 2. The van der Waals surface area contributed by atoms with Gasteiger partial charge in [0, 0.05) is 36.3 Å². The number of hydrogen-bond donors (Lipinski definition) is 0. The molecule has 230 valence electrons. The molecule has 2 aliphatic rings. The topological polar surface area (TPSA) is 31.2 Å². The third-order valence-electron chi connectivity index (χ3n) is 8.76. The van der Waals surface area contributed by atoms with E-state index in [9.17, 15) is 0 Å². The molecule has 0 N–H and O–H groups in total. The van der Waals surface area contributed by atoms with Crippen molar-refractivity contribution in [2.75, 3.05) is 26.2 Å². The zero-order chi connectivity index (χ0) is 31.1. The van der Waals surface area contributed by atoms with Crippen LogP contribution in [0.15, 0.2) is 64.6 Å². The summed E-state index contributed by atoms with van der Waals surface area (Å²) in [6.45, 7) is 23.6. The fourth-order valence-corrected chi connectivity index (χ4v) is 6.47. The van der Waals surface area contributed by atoms with Crippen molar-refractivity contribution >= 4 is 11.7 Å². The molecule has 0 aromatic heterocycles. The Balaban J connectivity index is 0.00000207. The fourth-order valence-electron chi connectivity index (χ4n) is 6.47. The standard InChI is InChI=1S/C37H48N4.C2H6/c1-25(2)40-18-16-38-36(40)34-14-12-32(28(6)22-34)10-8-30-20-27(5)21-31(24-30)9-11-33-13-15-35(23-29(33)7)37-39-17-19-41(37)26(3)4;1-2/h12-15,20-26H,8-11,16-19H2,1-7H3;1-2H3. The van der Waals surface area contributed by atoms with Crippen LogP contribution in [0.4, 0.5) is 0 Å². The largest absolute Gasteiger partial charge is 0.352 e. The van der Waals surface area contributed by atoms with Gasteiger partial charge in [-0.25, -0.2) is 0 Å². The van der Waals surface area contributed by atoms with Gasteiger partial charge in [-0.2, -0.15) is 0 Å². The fraction of sp³-hybridized carbons (Fsp3) is 0.487. The van der Waals surface area contributed by atoms with Crippen molar-refractivity contribution in [3.8, 4) is 0 Å². The summed E-state index contributed by atoms with van der Waals surface area (Å²) in [6, 6.07) is 22.0. The molecule has 0 unspecified atom stereocenters. The third kappa shape index (κ3) is 7.96. The molecule has 0 radical (unpaired) electrons. The van der Waals surface area contributed by atoms with E-state index in [0.29, 0.717) is 12.1 Å². The molecule has 0 bridgehead atoms. The monoisotopic (exact) mass is 578 g/mol. The number of benzene rings is 3. The molecule has 0 aliphatic carbocycles. The van der Waals surface area contributed by atoms with Gasteiger partial charge in [-0.15, -0.1) is 0 Å². The zero-order valence-electron chi connectivity index (χ0n) is 28.3. The van der Waals surface area contributed by atoms with Crippen LogP contribution in [-0.4, -0.2) is 59.7 Å². The Bertz CT molecular complexity index is 1340. The lowest BCUT2D eigenvalue weighted by molar-refractivity contribution is 0.381. The van der Waals surface area contributed by atoms with E-state index in [1.165, 1.54) is 50.1 Å². The number of aryl methyl sites for hydroxylation is 7. The number of hydrogen-bond acceptors (Lipinski definition) is 4. The molecule has 0 saturated heterocycles. The normalized spacial score (nSPS) is 14.8. The predicted molar refractivity (Wildman–Crippen MR) is 186 cm³/mol. The van der Waals surface area contributed by atoms with E-state index in [-0.39, 0.29) is 0 Å². The molecule has 4 heteroatoms. The van der Waals surface area contributed by atoms with Gasteiger partial charge in [-0.3, -0.25) is 9.98 Å². The number of aliphatic imine (C=N–C) groups is 2. The van der Waals surface area contributed by atoms with Crippen molar-refractivity contribution in [3.63, 3.8) is 0 Å². The molecular formula is C39H54N4. The summed E-state index contributed by atoms with van der Waals surface area (Å²) in [4.78, 5) is 14.4. The van der Waals surface area contributed by atoms with Crippen LogP contribution in [0.3, 0.4) is 0 Å². The predicted octanol–water partition coefficient (Wildman–Crippen LogP) is 8.15. The molecule has 0 fully saturated rings. The minimum Gasteiger partial charge on any atom is -0.352 e. The molecule has 0 saturated carbocycles. The van der Waals surface area contributed by atoms with Crippen molar-refractivity contribution in [2.45, 2.75) is 100 Å². The van der Waals surface area contributed by atoms with E-state index in [0.717, 1.165) is 63.5 Å². The average molecular weight is 579 g/mol. The maximum absolute atomic E-state index is 4.80. The van der Waals surface area contributed by atoms with Crippen molar-refractivity contribution in [1.82, 2.24) is 9.80 Å². The van der Waals surface area contributed by atoms with Crippen molar-refractivity contribution < 1.29 is 0 Å². The lowest BCUT2D eigenvalue weighted by atomic mass is 9.94. The SMILES string of the molecule is CC.Cc1cc(CCc2ccc(C3=NCCN3C(C)C)cc2C)cc(CCc2ccc(C3=NCCN3C(C)C)cc2C)c1. The van der Waals surface area contributed by atoms with Crippen molar-refractivity contribution in [2.24, 2.45) is 9.98 Å². The smallest absolute Gasteiger partial charge is 0.131 e. The van der Waals surface area contributed by atoms with Gasteiger partial charge in [-0.05, 0) is 120 Å². The van der Waals surface area contributed by atoms with E-state index < -0.39 is 0 Å². The van der Waals surface area contributed by atoms with Gasteiger partial charge in [0.05, 0.1) is 13.1 Å². The van der Waals surface area contributed by atoms with E-state index in [1.54, 1.807) is 0 Å². The highest BCUT2D eigenvalue weighted by atomic mass is 15.3. The number of rotatable bonds is 10. The zero-order valence-corrected chi connectivity index (χ0v) is 28.3. The summed E-state index contributed by atoms with van der Waals surface area (Å²) < 4.78 is 0. The Hall–Kier alpha value is -3.40. The molecular weight excluding hydrogens is 524 g/mol. The second-order valence-electron chi connectivity index (χ2n) is 12.6. The molecule has 3 aromatic rings. The molecule has 0 amide bonds. The second kappa shape index (κ2) is 14.9. The van der Waals surface area contributed by atoms with Crippen LogP contribution in [0.25, 0.3) is 0 Å². The first-order chi connectivity index (χ1) is 20.7. The van der Waals surface area contributed by atoms with E-state index in [4.69, 9.17) is 9.98 Å². The highest BCUT2D eigenvalue weighted by Gasteiger charge is 2.22. The third-order valence-corrected chi connectivity index (χ3v) is 8.76. The van der Waals surface area contributed by atoms with E-state index in [2.05, 4.69) is 113 Å². The summed E-state index contributed by atoms with van der Waals surface area (Å²) in [6.07, 6.45) is 4.26. The van der Waals surface area contributed by atoms with Gasteiger partial charge in [-0.1, -0.05) is 61.9 Å². The quantitative estimate of drug-likeness (QED) is 0.243. The van der Waals surface area contributed by atoms with Crippen LogP contribution >= 0.6 is 0 Å². The summed E-state index contributed by atoms with van der Waals surface area (Å²) in [5.41, 5.74) is 12.4. The molecule has 2 heterocycles. The van der Waals surface area contributed by atoms with Gasteiger partial charge in [0.1, 0.15) is 11.7 Å². The highest BCUT2D eigenvalue weighted by molar-refractivity contribution is 6.00. The average Bonchev–Trinajstić information content (AvgIpc) is 3.68. The first kappa shape index (κ1) is 32.5. The van der Waals surface area contributed by atoms with Crippen LogP contribution in [-0.2, 0) is 25.7 Å². The summed E-state index contributed by atoms with van der Waals surface area (Å²) in [5.74, 6) is 2.32. The Labute approximate surface area is 262 Å². The maximum atomic E-state index is 4.80. The molecule has 2 aliphatic heterocycles. The van der Waals surface area contributed by atoms with E-state index >= 15 is 0 Å². The van der Waals surface area contributed by atoms with Crippen LogP contribution in [0.2, 0.25) is 0 Å². The molecule has 43 heavy (non-hydrogen) atoms. The van der Waals surface area contributed by atoms with Gasteiger partial charge in [0.25, 0.3) is 0 Å². The lowest BCUT2D eigenvalue weighted by Crippen LogP contribution is -2.34. The summed E-state index contributed by atoms with van der Waals surface area (Å²) in [5, 5.41) is 0. The summed E-state index contributed by atoms with van der Waals surface area (Å²) in [7, 11) is 0. The first-order valence-electron chi connectivity index (χ1n) is 16.6. The van der Waals surface area contributed by atoms with Crippen LogP contribution in [0, 0.1) is 20.8 Å². The maximum Gasteiger partial charge on any atom is 0.131 e. The van der Waals surface area contributed by atoms with Crippen LogP contribution in [0.1, 0.15) is 91.6 Å². The Morgan fingerprint density at radius 1 is 0.581 bits per heavy atom. The van der Waals surface area contributed by atoms with Gasteiger partial charge in [0.15, 0.2) is 0 Å². The van der Waals surface area contributed by atoms with Crippen molar-refractivity contribution in [3.05, 3.63) is 105 Å². The van der Waals surface area contributed by atoms with E-state index in [1.807, 2.05) is 13.8 Å². The van der Waals surface area contributed by atoms with Crippen LogP contribution in [0.5, 0.6) is 0 Å². The highest BCUT2D eigenvalue weighted by Crippen LogP contribution is 2.22. The second-order valence-corrected chi connectivity index (χ2v) is 12.6. The summed E-state index contributed by atoms with van der Waals surface area (Å²) >= 11 is 0. The van der Waals surface area contributed by atoms with Crippen LogP contribution < -0.4 is 0 Å². The van der Waals surface area contributed by atoms with Gasteiger partial charge >= 0.3 is 0 Å². The Kier molecular flexibility index (Phi) is 11.2. The van der Waals surface area contributed by atoms with Gasteiger partial charge < -0.3 is 9.80 Å². The molecule has 3 aromatic carbocycles. The molecule has 0 spiro atoms. The first-order valence-corrected chi connectivity index (χ1v) is 16.6. The Morgan fingerprint density at radius 2 is 1.00 bits per heavy atom. The minimum atomic E-state index is 0.484.